The number of halogens is 1. The van der Waals surface area contributed by atoms with Gasteiger partial charge in [-0.3, -0.25) is 9.20 Å². The van der Waals surface area contributed by atoms with Gasteiger partial charge in [0.2, 0.25) is 0 Å². The van der Waals surface area contributed by atoms with Gasteiger partial charge in [0.05, 0.1) is 11.6 Å². The maximum Gasteiger partial charge on any atom is 0.255 e. The molecular formula is C18H18FN3O2. The molecule has 2 aromatic heterocycles. The second-order valence-corrected chi connectivity index (χ2v) is 6.08. The molecule has 0 radical (unpaired) electrons. The first-order valence-electron chi connectivity index (χ1n) is 8.11. The average Bonchev–Trinajstić information content (AvgIpc) is 3.17. The number of amides is 1. The summed E-state index contributed by atoms with van der Waals surface area (Å²) >= 11 is 0. The number of nitrogens with zero attached hydrogens (tertiary/aromatic N) is 2. The smallest absolute Gasteiger partial charge is 0.255 e. The molecule has 3 heterocycles. The van der Waals surface area contributed by atoms with Crippen LogP contribution >= 0.6 is 0 Å². The highest BCUT2D eigenvalue weighted by Gasteiger charge is 2.41. The van der Waals surface area contributed by atoms with Crippen LogP contribution in [0.25, 0.3) is 16.6 Å². The van der Waals surface area contributed by atoms with Gasteiger partial charge in [0, 0.05) is 23.7 Å². The number of fused-ring (bicyclic) bond motifs is 3. The Bertz CT molecular complexity index is 908. The summed E-state index contributed by atoms with van der Waals surface area (Å²) in [5.41, 5.74) is 1.75. The summed E-state index contributed by atoms with van der Waals surface area (Å²) in [6, 6.07) is 9.44. The number of imidazole rings is 1. The average molecular weight is 327 g/mol. The number of nitrogens with one attached hydrogen (secondary N) is 1. The van der Waals surface area contributed by atoms with Crippen molar-refractivity contribution < 1.29 is 13.9 Å². The summed E-state index contributed by atoms with van der Waals surface area (Å²) in [6.45, 7) is 2.13. The Morgan fingerprint density at radius 1 is 1.33 bits per heavy atom. The standard InChI is InChI=1S/C18H18FN3O2/c1-2-12-13(21-18(23)16(12)19)10-24-14-5-3-4-11-6-7-15-20-8-9-22(15)17(11)14/h3-9,12-13,16H,2,10H2,1H3,(H,21,23)/t12-,13+,16-/m0/s1. The molecule has 0 bridgehead atoms. The summed E-state index contributed by atoms with van der Waals surface area (Å²) in [4.78, 5) is 15.9. The minimum Gasteiger partial charge on any atom is -0.489 e. The summed E-state index contributed by atoms with van der Waals surface area (Å²) in [5, 5.41) is 3.73. The molecule has 124 valence electrons. The van der Waals surface area contributed by atoms with Crippen LogP contribution in [0.5, 0.6) is 5.75 Å². The third-order valence-electron chi connectivity index (χ3n) is 4.71. The van der Waals surface area contributed by atoms with E-state index in [4.69, 9.17) is 4.74 Å². The number of benzene rings is 1. The number of pyridine rings is 1. The molecule has 0 saturated carbocycles. The van der Waals surface area contributed by atoms with E-state index in [2.05, 4.69) is 10.3 Å². The van der Waals surface area contributed by atoms with Crippen molar-refractivity contribution in [2.45, 2.75) is 25.6 Å². The number of carbonyl (C=O) groups is 1. The van der Waals surface area contributed by atoms with E-state index in [0.29, 0.717) is 12.2 Å². The molecule has 1 amide bonds. The highest BCUT2D eigenvalue weighted by Crippen LogP contribution is 2.29. The van der Waals surface area contributed by atoms with Crippen molar-refractivity contribution in [3.8, 4) is 5.75 Å². The fourth-order valence-corrected chi connectivity index (χ4v) is 3.44. The lowest BCUT2D eigenvalue weighted by Crippen LogP contribution is -2.34. The van der Waals surface area contributed by atoms with E-state index >= 15 is 0 Å². The zero-order valence-corrected chi connectivity index (χ0v) is 13.3. The monoisotopic (exact) mass is 327 g/mol. The van der Waals surface area contributed by atoms with Crippen molar-refractivity contribution in [2.24, 2.45) is 5.92 Å². The first kappa shape index (κ1) is 14.9. The van der Waals surface area contributed by atoms with Gasteiger partial charge >= 0.3 is 0 Å². The van der Waals surface area contributed by atoms with Crippen molar-refractivity contribution in [3.63, 3.8) is 0 Å². The molecule has 1 aliphatic heterocycles. The number of aromatic nitrogens is 2. The normalized spacial score (nSPS) is 23.8. The van der Waals surface area contributed by atoms with Gasteiger partial charge in [-0.15, -0.1) is 0 Å². The minimum absolute atomic E-state index is 0.245. The molecule has 3 atom stereocenters. The van der Waals surface area contributed by atoms with Gasteiger partial charge < -0.3 is 10.1 Å². The number of carbonyl (C=O) groups excluding carboxylic acids is 1. The van der Waals surface area contributed by atoms with Gasteiger partial charge in [-0.2, -0.15) is 0 Å². The van der Waals surface area contributed by atoms with Gasteiger partial charge in [0.15, 0.2) is 6.17 Å². The van der Waals surface area contributed by atoms with Crippen LogP contribution in [0.3, 0.4) is 0 Å². The van der Waals surface area contributed by atoms with Gasteiger partial charge in [-0.1, -0.05) is 19.1 Å². The molecule has 0 aliphatic carbocycles. The fraction of sp³-hybridized carbons (Fsp3) is 0.333. The Kier molecular flexibility index (Phi) is 3.59. The SMILES string of the molecule is CC[C@@H]1[C@H](F)C(=O)N[C@@H]1COc1cccc2ccc3nccn3c12. The molecule has 1 aromatic carbocycles. The Morgan fingerprint density at radius 3 is 3.04 bits per heavy atom. The molecule has 4 rings (SSSR count). The lowest BCUT2D eigenvalue weighted by Gasteiger charge is -2.19. The highest BCUT2D eigenvalue weighted by atomic mass is 19.1. The van der Waals surface area contributed by atoms with Crippen LogP contribution in [0.4, 0.5) is 4.39 Å². The van der Waals surface area contributed by atoms with E-state index in [1.54, 1.807) is 6.20 Å². The van der Waals surface area contributed by atoms with Crippen molar-refractivity contribution in [3.05, 3.63) is 42.7 Å². The molecule has 3 aromatic rings. The predicted molar refractivity (Wildman–Crippen MR) is 88.8 cm³/mol. The van der Waals surface area contributed by atoms with E-state index in [9.17, 15) is 9.18 Å². The summed E-state index contributed by atoms with van der Waals surface area (Å²) < 4.78 is 21.8. The zero-order chi connectivity index (χ0) is 16.7. The molecule has 5 nitrogen and oxygen atoms in total. The van der Waals surface area contributed by atoms with E-state index < -0.39 is 12.1 Å². The van der Waals surface area contributed by atoms with Crippen molar-refractivity contribution in [2.75, 3.05) is 6.61 Å². The van der Waals surface area contributed by atoms with Gasteiger partial charge in [0.25, 0.3) is 5.91 Å². The van der Waals surface area contributed by atoms with Gasteiger partial charge in [0.1, 0.15) is 18.0 Å². The molecule has 1 aliphatic rings. The molecule has 24 heavy (non-hydrogen) atoms. The van der Waals surface area contributed by atoms with Crippen LogP contribution in [-0.4, -0.2) is 34.1 Å². The van der Waals surface area contributed by atoms with Crippen LogP contribution in [0.1, 0.15) is 13.3 Å². The largest absolute Gasteiger partial charge is 0.489 e. The van der Waals surface area contributed by atoms with Crippen LogP contribution < -0.4 is 10.1 Å². The molecular weight excluding hydrogens is 309 g/mol. The third kappa shape index (κ3) is 2.29. The highest BCUT2D eigenvalue weighted by molar-refractivity contribution is 5.87. The van der Waals surface area contributed by atoms with E-state index in [0.717, 1.165) is 16.6 Å². The van der Waals surface area contributed by atoms with E-state index in [1.165, 1.54) is 0 Å². The maximum atomic E-state index is 13.9. The number of ether oxygens (including phenoxy) is 1. The van der Waals surface area contributed by atoms with Gasteiger partial charge in [-0.05, 0) is 24.6 Å². The number of para-hydroxylation sites is 1. The minimum atomic E-state index is -1.45. The topological polar surface area (TPSA) is 55.6 Å². The second kappa shape index (κ2) is 5.78. The molecule has 0 unspecified atom stereocenters. The molecule has 1 saturated heterocycles. The maximum absolute atomic E-state index is 13.9. The molecule has 6 heteroatoms. The Labute approximate surface area is 138 Å². The van der Waals surface area contributed by atoms with Crippen molar-refractivity contribution in [1.29, 1.82) is 0 Å². The quantitative estimate of drug-likeness (QED) is 0.802. The Balaban J connectivity index is 1.65. The summed E-state index contributed by atoms with van der Waals surface area (Å²) in [6.07, 6.45) is 2.77. The zero-order valence-electron chi connectivity index (χ0n) is 13.3. The van der Waals surface area contributed by atoms with Crippen LogP contribution in [0.2, 0.25) is 0 Å². The van der Waals surface area contributed by atoms with Gasteiger partial charge in [-0.25, -0.2) is 9.37 Å². The molecule has 1 N–H and O–H groups in total. The van der Waals surface area contributed by atoms with Crippen molar-refractivity contribution in [1.82, 2.24) is 14.7 Å². The Hall–Kier alpha value is -2.63. The summed E-state index contributed by atoms with van der Waals surface area (Å²) in [5.74, 6) is -0.186. The number of hydrogen-bond donors (Lipinski definition) is 1. The van der Waals surface area contributed by atoms with Crippen LogP contribution in [0.15, 0.2) is 42.7 Å². The summed E-state index contributed by atoms with van der Waals surface area (Å²) in [7, 11) is 0. The first-order chi connectivity index (χ1) is 11.7. The molecule has 1 fully saturated rings. The predicted octanol–water partition coefficient (Wildman–Crippen LogP) is 2.73. The fourth-order valence-electron chi connectivity index (χ4n) is 3.44. The number of hydrogen-bond acceptors (Lipinski definition) is 3. The van der Waals surface area contributed by atoms with Crippen LogP contribution in [0, 0.1) is 5.92 Å². The van der Waals surface area contributed by atoms with E-state index in [1.807, 2.05) is 47.9 Å². The lowest BCUT2D eigenvalue weighted by atomic mass is 9.97. The number of alkyl halides is 1. The van der Waals surface area contributed by atoms with Crippen LogP contribution in [-0.2, 0) is 4.79 Å². The first-order valence-corrected chi connectivity index (χ1v) is 8.11. The Morgan fingerprint density at radius 2 is 2.21 bits per heavy atom. The number of rotatable bonds is 4. The lowest BCUT2D eigenvalue weighted by molar-refractivity contribution is -0.123. The van der Waals surface area contributed by atoms with Crippen molar-refractivity contribution >= 4 is 22.5 Å². The third-order valence-corrected chi connectivity index (χ3v) is 4.71. The molecule has 0 spiro atoms. The van der Waals surface area contributed by atoms with E-state index in [-0.39, 0.29) is 18.6 Å². The second-order valence-electron chi connectivity index (χ2n) is 6.08.